The number of carbonyl (C=O) groups is 7. The SMILES string of the molecule is CC(C)[C@H](NC(=O)[C@@H](N)CCCN=C(N)N)C(=O)N[C@@H](Cc1ccc(O)cc1)C(=O)NCC(=O)N[C@@H](Cc1cnc[nH]1)C(=O)N1CCC[C@H]1C(=O)N[C@@H](Cc1ccccc1)C(=O)O. The van der Waals surface area contributed by atoms with Crippen LogP contribution in [-0.2, 0) is 52.8 Å². The van der Waals surface area contributed by atoms with Gasteiger partial charge in [-0.05, 0) is 54.9 Å². The molecule has 2 aromatic carbocycles. The zero-order valence-corrected chi connectivity index (χ0v) is 35.3. The summed E-state index contributed by atoms with van der Waals surface area (Å²) < 4.78 is 0. The number of nitrogens with two attached hydrogens (primary N) is 3. The standard InChI is InChI=1S/C42H58N12O9/c1-24(2)35(53-36(57)29(43)10-6-16-47-42(44)45)39(60)51-30(18-26-12-14-28(55)15-13-26)37(58)48-22-34(56)50-31(20-27-21-46-23-49-27)40(61)54-17-7-11-33(54)38(59)52-32(41(62)63)19-25-8-4-3-5-9-25/h3-5,8-9,12-15,21,23-24,29-33,35,55H,6-7,10-11,16-20,22,43H2,1-2H3,(H,46,49)(H,48,58)(H,50,56)(H,51,60)(H,52,59)(H,53,57)(H,62,63)(H4,44,45,47)/t29-,30-,31-,32-,33-,35-/m0/s1. The molecule has 0 bridgehead atoms. The first-order valence-corrected chi connectivity index (χ1v) is 20.6. The number of amides is 6. The van der Waals surface area contributed by atoms with Crippen molar-refractivity contribution in [2.75, 3.05) is 19.6 Å². The summed E-state index contributed by atoms with van der Waals surface area (Å²) in [5, 5.41) is 32.8. The number of nitrogens with one attached hydrogen (secondary N) is 6. The molecule has 3 aromatic rings. The van der Waals surface area contributed by atoms with Gasteiger partial charge in [0.2, 0.25) is 35.4 Å². The smallest absolute Gasteiger partial charge is 0.326 e. The van der Waals surface area contributed by atoms with Gasteiger partial charge in [-0.2, -0.15) is 0 Å². The molecule has 1 aromatic heterocycles. The average molecular weight is 875 g/mol. The van der Waals surface area contributed by atoms with Crippen molar-refractivity contribution in [3.05, 3.63) is 83.9 Å². The Bertz CT molecular complexity index is 2040. The van der Waals surface area contributed by atoms with E-state index in [9.17, 15) is 43.8 Å². The summed E-state index contributed by atoms with van der Waals surface area (Å²) in [7, 11) is 0. The van der Waals surface area contributed by atoms with Gasteiger partial charge in [-0.15, -0.1) is 0 Å². The topological polar surface area (TPSA) is 342 Å². The summed E-state index contributed by atoms with van der Waals surface area (Å²) in [5.74, 6) is -5.89. The molecule has 0 aliphatic carbocycles. The Hall–Kier alpha value is -7.03. The second kappa shape index (κ2) is 23.8. The lowest BCUT2D eigenvalue weighted by atomic mass is 10.00. The van der Waals surface area contributed by atoms with Crippen molar-refractivity contribution in [2.45, 2.75) is 95.0 Å². The zero-order valence-electron chi connectivity index (χ0n) is 35.3. The summed E-state index contributed by atoms with van der Waals surface area (Å²) >= 11 is 0. The minimum absolute atomic E-state index is 0.0229. The molecule has 1 fully saturated rings. The number of rotatable bonds is 23. The summed E-state index contributed by atoms with van der Waals surface area (Å²) in [6.07, 6.45) is 4.11. The molecule has 4 rings (SSSR count). The van der Waals surface area contributed by atoms with Crippen LogP contribution in [0.3, 0.4) is 0 Å². The summed E-state index contributed by atoms with van der Waals surface area (Å²) in [4.78, 5) is 106. The van der Waals surface area contributed by atoms with Crippen LogP contribution in [0.2, 0.25) is 0 Å². The Morgan fingerprint density at radius 3 is 2.17 bits per heavy atom. The van der Waals surface area contributed by atoms with Crippen molar-refractivity contribution < 1.29 is 43.8 Å². The van der Waals surface area contributed by atoms with Crippen LogP contribution in [0.1, 0.15) is 56.4 Å². The summed E-state index contributed by atoms with van der Waals surface area (Å²) in [6, 6.07) is 7.87. The lowest BCUT2D eigenvalue weighted by Crippen LogP contribution is -2.59. The van der Waals surface area contributed by atoms with Gasteiger partial charge in [-0.1, -0.05) is 56.3 Å². The second-order valence-corrected chi connectivity index (χ2v) is 15.6. The Morgan fingerprint density at radius 1 is 0.857 bits per heavy atom. The molecule has 6 atom stereocenters. The number of aromatic hydroxyl groups is 1. The Kier molecular flexibility index (Phi) is 18.4. The Labute approximate surface area is 364 Å². The molecule has 1 aliphatic rings. The monoisotopic (exact) mass is 874 g/mol. The number of phenolic OH excluding ortho intramolecular Hbond substituents is 1. The number of carbonyl (C=O) groups excluding carboxylic acids is 6. The maximum absolute atomic E-state index is 14.1. The first-order valence-electron chi connectivity index (χ1n) is 20.6. The first kappa shape index (κ1) is 48.6. The van der Waals surface area contributed by atoms with E-state index in [2.05, 4.69) is 41.5 Å². The molecular formula is C42H58N12O9. The Balaban J connectivity index is 1.44. The Morgan fingerprint density at radius 2 is 1.54 bits per heavy atom. The molecule has 14 N–H and O–H groups in total. The molecule has 1 saturated heterocycles. The van der Waals surface area contributed by atoms with E-state index in [0.29, 0.717) is 29.7 Å². The number of aliphatic carboxylic acids is 1. The minimum atomic E-state index is -1.27. The molecule has 2 heterocycles. The largest absolute Gasteiger partial charge is 0.508 e. The maximum Gasteiger partial charge on any atom is 0.326 e. The van der Waals surface area contributed by atoms with E-state index >= 15 is 0 Å². The number of aromatic nitrogens is 2. The van der Waals surface area contributed by atoms with Gasteiger partial charge in [0.15, 0.2) is 5.96 Å². The van der Waals surface area contributed by atoms with Crippen LogP contribution in [0.15, 0.2) is 72.1 Å². The number of hydrogen-bond donors (Lipinski definition) is 11. The maximum atomic E-state index is 14.1. The summed E-state index contributed by atoms with van der Waals surface area (Å²) in [5.41, 5.74) is 18.5. The van der Waals surface area contributed by atoms with Gasteiger partial charge in [-0.25, -0.2) is 9.78 Å². The zero-order chi connectivity index (χ0) is 46.1. The van der Waals surface area contributed by atoms with Crippen molar-refractivity contribution in [1.82, 2.24) is 41.5 Å². The predicted molar refractivity (Wildman–Crippen MR) is 230 cm³/mol. The van der Waals surface area contributed by atoms with Crippen LogP contribution < -0.4 is 43.8 Å². The van der Waals surface area contributed by atoms with Crippen LogP contribution in [0, 0.1) is 5.92 Å². The fraction of sp³-hybridized carbons (Fsp3) is 0.452. The molecule has 340 valence electrons. The lowest BCUT2D eigenvalue weighted by molar-refractivity contribution is -0.144. The quantitative estimate of drug-likeness (QED) is 0.0288. The van der Waals surface area contributed by atoms with Gasteiger partial charge in [0.25, 0.3) is 0 Å². The van der Waals surface area contributed by atoms with Gasteiger partial charge in [0, 0.05) is 44.2 Å². The fourth-order valence-electron chi connectivity index (χ4n) is 6.96. The van der Waals surface area contributed by atoms with E-state index in [1.807, 2.05) is 0 Å². The second-order valence-electron chi connectivity index (χ2n) is 15.6. The molecule has 0 unspecified atom stereocenters. The number of aliphatic imine (C=N–C) groups is 1. The van der Waals surface area contributed by atoms with Crippen LogP contribution in [-0.4, -0.2) is 128 Å². The van der Waals surface area contributed by atoms with Crippen molar-refractivity contribution in [1.29, 1.82) is 0 Å². The van der Waals surface area contributed by atoms with E-state index in [0.717, 1.165) is 0 Å². The van der Waals surface area contributed by atoms with Gasteiger partial charge >= 0.3 is 5.97 Å². The number of aromatic amines is 1. The predicted octanol–water partition coefficient (Wildman–Crippen LogP) is -1.69. The van der Waals surface area contributed by atoms with Gasteiger partial charge in [0.05, 0.1) is 18.9 Å². The number of carboxylic acids is 1. The number of H-pyrrole nitrogens is 1. The number of hydrogen-bond acceptors (Lipinski definition) is 11. The van der Waals surface area contributed by atoms with Gasteiger partial charge < -0.3 is 63.9 Å². The first-order chi connectivity index (χ1) is 30.0. The molecule has 0 radical (unpaired) electrons. The average Bonchev–Trinajstić information content (AvgIpc) is 3.96. The van der Waals surface area contributed by atoms with Gasteiger partial charge in [0.1, 0.15) is 36.0 Å². The van der Waals surface area contributed by atoms with Crippen LogP contribution in [0.5, 0.6) is 5.75 Å². The lowest BCUT2D eigenvalue weighted by Gasteiger charge is -2.29. The molecule has 21 nitrogen and oxygen atoms in total. The van der Waals surface area contributed by atoms with E-state index in [-0.39, 0.29) is 56.9 Å². The van der Waals surface area contributed by atoms with E-state index < -0.39 is 90.1 Å². The minimum Gasteiger partial charge on any atom is -0.508 e. The van der Waals surface area contributed by atoms with Crippen LogP contribution >= 0.6 is 0 Å². The summed E-state index contributed by atoms with van der Waals surface area (Å²) in [6.45, 7) is 3.20. The molecular weight excluding hydrogens is 817 g/mol. The van der Waals surface area contributed by atoms with Crippen LogP contribution in [0.4, 0.5) is 0 Å². The van der Waals surface area contributed by atoms with Crippen LogP contribution in [0.25, 0.3) is 0 Å². The normalized spacial score (nSPS) is 15.8. The highest BCUT2D eigenvalue weighted by atomic mass is 16.4. The molecule has 0 spiro atoms. The highest BCUT2D eigenvalue weighted by Crippen LogP contribution is 2.20. The molecule has 6 amide bonds. The number of nitrogens with zero attached hydrogens (tertiary/aromatic N) is 3. The van der Waals surface area contributed by atoms with Crippen molar-refractivity contribution in [3.63, 3.8) is 0 Å². The number of benzene rings is 2. The third-order valence-corrected chi connectivity index (χ3v) is 10.3. The van der Waals surface area contributed by atoms with Crippen molar-refractivity contribution in [2.24, 2.45) is 28.1 Å². The highest BCUT2D eigenvalue weighted by Gasteiger charge is 2.39. The van der Waals surface area contributed by atoms with E-state index in [1.165, 1.54) is 29.6 Å². The van der Waals surface area contributed by atoms with Gasteiger partial charge in [-0.3, -0.25) is 33.8 Å². The number of phenols is 1. The number of imidazole rings is 1. The van der Waals surface area contributed by atoms with E-state index in [4.69, 9.17) is 17.2 Å². The number of likely N-dealkylation sites (tertiary alicyclic amines) is 1. The third kappa shape index (κ3) is 15.4. The molecule has 0 saturated carbocycles. The molecule has 1 aliphatic heterocycles. The van der Waals surface area contributed by atoms with Crippen molar-refractivity contribution >= 4 is 47.4 Å². The van der Waals surface area contributed by atoms with Crippen molar-refractivity contribution in [3.8, 4) is 5.75 Å². The third-order valence-electron chi connectivity index (χ3n) is 10.3. The molecule has 63 heavy (non-hydrogen) atoms. The fourth-order valence-corrected chi connectivity index (χ4v) is 6.96. The number of guanidine groups is 1. The highest BCUT2D eigenvalue weighted by molar-refractivity contribution is 5.96. The van der Waals surface area contributed by atoms with E-state index in [1.54, 1.807) is 56.3 Å². The molecule has 21 heteroatoms. The number of carboxylic acid groups (broad SMARTS) is 1.